The Labute approximate surface area is 92.8 Å². The van der Waals surface area contributed by atoms with E-state index < -0.39 is 0 Å². The number of hydrogen-bond acceptors (Lipinski definition) is 4. The largest absolute Gasteiger partial charge is 0.454 e. The number of rotatable bonds is 4. The standard InChI is InChI=1S/C10H12ClNO3/c11-8-3-7(5-12-1-2-13)4-9-10(8)15-6-14-9/h3-4,12-13H,1-2,5-6H2. The molecule has 0 fully saturated rings. The number of ether oxygens (including phenoxy) is 2. The highest BCUT2D eigenvalue weighted by atomic mass is 35.5. The van der Waals surface area contributed by atoms with E-state index in [1.165, 1.54) is 0 Å². The van der Waals surface area contributed by atoms with Crippen molar-refractivity contribution in [2.75, 3.05) is 19.9 Å². The van der Waals surface area contributed by atoms with Crippen LogP contribution in [0.25, 0.3) is 0 Å². The number of benzene rings is 1. The monoisotopic (exact) mass is 229 g/mol. The minimum atomic E-state index is 0.123. The molecule has 2 N–H and O–H groups in total. The van der Waals surface area contributed by atoms with Gasteiger partial charge in [-0.05, 0) is 17.7 Å². The summed E-state index contributed by atoms with van der Waals surface area (Å²) in [5.74, 6) is 1.30. The fourth-order valence-corrected chi connectivity index (χ4v) is 1.72. The second-order valence-electron chi connectivity index (χ2n) is 3.21. The van der Waals surface area contributed by atoms with Crippen molar-refractivity contribution in [2.45, 2.75) is 6.54 Å². The maximum Gasteiger partial charge on any atom is 0.231 e. The van der Waals surface area contributed by atoms with Gasteiger partial charge in [0, 0.05) is 13.1 Å². The first kappa shape index (κ1) is 10.5. The average molecular weight is 230 g/mol. The Morgan fingerprint density at radius 1 is 1.40 bits per heavy atom. The van der Waals surface area contributed by atoms with E-state index in [4.69, 9.17) is 26.2 Å². The van der Waals surface area contributed by atoms with Crippen LogP contribution in [0.15, 0.2) is 12.1 Å². The topological polar surface area (TPSA) is 50.7 Å². The third-order valence-electron chi connectivity index (χ3n) is 2.10. The van der Waals surface area contributed by atoms with Crippen LogP contribution in [-0.2, 0) is 6.54 Å². The molecule has 0 atom stereocenters. The summed E-state index contributed by atoms with van der Waals surface area (Å²) >= 11 is 6.01. The molecule has 0 aliphatic carbocycles. The second-order valence-corrected chi connectivity index (χ2v) is 3.62. The molecule has 82 valence electrons. The molecule has 0 amide bonds. The molecular formula is C10H12ClNO3. The first-order valence-corrected chi connectivity index (χ1v) is 5.08. The summed E-state index contributed by atoms with van der Waals surface area (Å²) in [6, 6.07) is 3.72. The van der Waals surface area contributed by atoms with Gasteiger partial charge in [-0.15, -0.1) is 0 Å². The first-order chi connectivity index (χ1) is 7.31. The number of hydrogen-bond donors (Lipinski definition) is 2. The van der Waals surface area contributed by atoms with Crippen molar-refractivity contribution < 1.29 is 14.6 Å². The van der Waals surface area contributed by atoms with E-state index in [0.717, 1.165) is 5.56 Å². The fourth-order valence-electron chi connectivity index (χ4n) is 1.43. The minimum Gasteiger partial charge on any atom is -0.454 e. The van der Waals surface area contributed by atoms with Gasteiger partial charge in [0.05, 0.1) is 11.6 Å². The maximum atomic E-state index is 8.62. The lowest BCUT2D eigenvalue weighted by atomic mass is 10.2. The van der Waals surface area contributed by atoms with Gasteiger partial charge < -0.3 is 19.9 Å². The molecule has 4 nitrogen and oxygen atoms in total. The number of halogens is 1. The quantitative estimate of drug-likeness (QED) is 0.761. The summed E-state index contributed by atoms with van der Waals surface area (Å²) in [6.07, 6.45) is 0. The Kier molecular flexibility index (Phi) is 3.30. The summed E-state index contributed by atoms with van der Waals surface area (Å²) < 4.78 is 10.4. The van der Waals surface area contributed by atoms with E-state index in [9.17, 15) is 0 Å². The third-order valence-corrected chi connectivity index (χ3v) is 2.39. The van der Waals surface area contributed by atoms with Gasteiger partial charge in [0.15, 0.2) is 11.5 Å². The van der Waals surface area contributed by atoms with E-state index in [1.807, 2.05) is 12.1 Å². The van der Waals surface area contributed by atoms with Crippen molar-refractivity contribution in [3.8, 4) is 11.5 Å². The number of aliphatic hydroxyl groups excluding tert-OH is 1. The van der Waals surface area contributed by atoms with E-state index in [1.54, 1.807) is 0 Å². The van der Waals surface area contributed by atoms with E-state index in [-0.39, 0.29) is 13.4 Å². The lowest BCUT2D eigenvalue weighted by molar-refractivity contribution is 0.174. The molecule has 5 heteroatoms. The summed E-state index contributed by atoms with van der Waals surface area (Å²) in [7, 11) is 0. The molecule has 1 aromatic carbocycles. The van der Waals surface area contributed by atoms with Gasteiger partial charge in [0.1, 0.15) is 0 Å². The van der Waals surface area contributed by atoms with Crippen LogP contribution in [-0.4, -0.2) is 25.1 Å². The molecule has 0 bridgehead atoms. The minimum absolute atomic E-state index is 0.123. The van der Waals surface area contributed by atoms with Crippen LogP contribution in [0.3, 0.4) is 0 Å². The Balaban J connectivity index is 2.09. The molecular weight excluding hydrogens is 218 g/mol. The van der Waals surface area contributed by atoms with Gasteiger partial charge in [-0.1, -0.05) is 11.6 Å². The lowest BCUT2D eigenvalue weighted by Gasteiger charge is -2.05. The first-order valence-electron chi connectivity index (χ1n) is 4.71. The molecule has 0 saturated carbocycles. The lowest BCUT2D eigenvalue weighted by Crippen LogP contribution is -2.17. The van der Waals surface area contributed by atoms with Crippen LogP contribution in [0, 0.1) is 0 Å². The van der Waals surface area contributed by atoms with Crippen LogP contribution in [0.5, 0.6) is 11.5 Å². The van der Waals surface area contributed by atoms with Gasteiger partial charge >= 0.3 is 0 Å². The fraction of sp³-hybridized carbons (Fsp3) is 0.400. The van der Waals surface area contributed by atoms with E-state index in [2.05, 4.69) is 5.32 Å². The third kappa shape index (κ3) is 2.34. The SMILES string of the molecule is OCCNCc1cc(Cl)c2c(c1)OCO2. The summed E-state index contributed by atoms with van der Waals surface area (Å²) in [6.45, 7) is 1.56. The maximum absolute atomic E-state index is 8.62. The molecule has 0 spiro atoms. The zero-order valence-electron chi connectivity index (χ0n) is 8.12. The van der Waals surface area contributed by atoms with Gasteiger partial charge in [0.2, 0.25) is 6.79 Å². The number of aliphatic hydroxyl groups is 1. The Bertz CT molecular complexity index is 357. The van der Waals surface area contributed by atoms with Crippen molar-refractivity contribution in [3.05, 3.63) is 22.7 Å². The smallest absolute Gasteiger partial charge is 0.231 e. The van der Waals surface area contributed by atoms with Crippen LogP contribution in [0.1, 0.15) is 5.56 Å². The Morgan fingerprint density at radius 3 is 3.07 bits per heavy atom. The van der Waals surface area contributed by atoms with Crippen LogP contribution in [0.2, 0.25) is 5.02 Å². The molecule has 1 aromatic rings. The highest BCUT2D eigenvalue weighted by Crippen LogP contribution is 2.39. The molecule has 0 unspecified atom stereocenters. The molecule has 1 heterocycles. The highest BCUT2D eigenvalue weighted by Gasteiger charge is 2.17. The summed E-state index contributed by atoms with van der Waals surface area (Å²) in [5.41, 5.74) is 1.01. The van der Waals surface area contributed by atoms with Crippen molar-refractivity contribution >= 4 is 11.6 Å². The molecule has 0 aromatic heterocycles. The molecule has 2 rings (SSSR count). The van der Waals surface area contributed by atoms with Crippen LogP contribution in [0.4, 0.5) is 0 Å². The van der Waals surface area contributed by atoms with Gasteiger partial charge in [-0.2, -0.15) is 0 Å². The highest BCUT2D eigenvalue weighted by molar-refractivity contribution is 6.32. The average Bonchev–Trinajstić information content (AvgIpc) is 2.66. The molecule has 1 aliphatic heterocycles. The van der Waals surface area contributed by atoms with Crippen LogP contribution < -0.4 is 14.8 Å². The van der Waals surface area contributed by atoms with Crippen molar-refractivity contribution in [1.82, 2.24) is 5.32 Å². The van der Waals surface area contributed by atoms with Crippen LogP contribution >= 0.6 is 11.6 Å². The molecule has 0 radical (unpaired) electrons. The predicted octanol–water partition coefficient (Wildman–Crippen LogP) is 1.15. The second kappa shape index (κ2) is 4.70. The van der Waals surface area contributed by atoms with Crippen molar-refractivity contribution in [2.24, 2.45) is 0 Å². The number of nitrogens with one attached hydrogen (secondary N) is 1. The number of fused-ring (bicyclic) bond motifs is 1. The molecule has 0 saturated heterocycles. The van der Waals surface area contributed by atoms with E-state index in [0.29, 0.717) is 29.6 Å². The summed E-state index contributed by atoms with van der Waals surface area (Å²) in [4.78, 5) is 0. The Hall–Kier alpha value is -0.970. The van der Waals surface area contributed by atoms with Crippen molar-refractivity contribution in [1.29, 1.82) is 0 Å². The summed E-state index contributed by atoms with van der Waals surface area (Å²) in [5, 5.41) is 12.2. The van der Waals surface area contributed by atoms with E-state index >= 15 is 0 Å². The zero-order chi connectivity index (χ0) is 10.7. The van der Waals surface area contributed by atoms with Gasteiger partial charge in [-0.25, -0.2) is 0 Å². The predicted molar refractivity (Wildman–Crippen MR) is 56.4 cm³/mol. The molecule has 15 heavy (non-hydrogen) atoms. The Morgan fingerprint density at radius 2 is 2.27 bits per heavy atom. The zero-order valence-corrected chi connectivity index (χ0v) is 8.88. The van der Waals surface area contributed by atoms with Crippen molar-refractivity contribution in [3.63, 3.8) is 0 Å². The van der Waals surface area contributed by atoms with Gasteiger partial charge in [-0.3, -0.25) is 0 Å². The molecule has 1 aliphatic rings. The van der Waals surface area contributed by atoms with Gasteiger partial charge in [0.25, 0.3) is 0 Å². The normalized spacial score (nSPS) is 13.2.